The van der Waals surface area contributed by atoms with Crippen LogP contribution < -0.4 is 5.32 Å². The molecule has 0 fully saturated rings. The van der Waals surface area contributed by atoms with E-state index in [9.17, 15) is 10.1 Å². The van der Waals surface area contributed by atoms with Crippen molar-refractivity contribution in [3.8, 4) is 17.3 Å². The summed E-state index contributed by atoms with van der Waals surface area (Å²) < 4.78 is 0. The first kappa shape index (κ1) is 20.1. The van der Waals surface area contributed by atoms with Crippen LogP contribution in [-0.4, -0.2) is 21.6 Å². The Bertz CT molecular complexity index is 980. The first-order valence-corrected chi connectivity index (χ1v) is 10.9. The van der Waals surface area contributed by atoms with E-state index in [2.05, 4.69) is 28.3 Å². The zero-order chi connectivity index (χ0) is 19.8. The first-order valence-electron chi connectivity index (χ1n) is 9.03. The van der Waals surface area contributed by atoms with Gasteiger partial charge >= 0.3 is 0 Å². The lowest BCUT2D eigenvalue weighted by atomic mass is 10.2. The standard InChI is InChI=1S/C21H20N4OS2/c1-2-6-17-10-9-16(13-22)20(23-17)27-12-11-19(26)25-21-24-18(14-28-21)15-7-4-3-5-8-15/h3-5,7-10,14H,2,6,11-12H2,1H3,(H,24,25,26). The Labute approximate surface area is 172 Å². The number of nitriles is 1. The van der Waals surface area contributed by atoms with Gasteiger partial charge in [0.25, 0.3) is 0 Å². The Balaban J connectivity index is 1.53. The molecule has 0 radical (unpaired) electrons. The van der Waals surface area contributed by atoms with Crippen molar-refractivity contribution in [3.05, 3.63) is 59.1 Å². The fraction of sp³-hybridized carbons (Fsp3) is 0.238. The summed E-state index contributed by atoms with van der Waals surface area (Å²) in [5, 5.41) is 15.3. The number of anilines is 1. The molecule has 3 rings (SSSR count). The summed E-state index contributed by atoms with van der Waals surface area (Å²) in [6.07, 6.45) is 2.22. The van der Waals surface area contributed by atoms with Gasteiger partial charge in [-0.25, -0.2) is 9.97 Å². The fourth-order valence-electron chi connectivity index (χ4n) is 2.56. The highest BCUT2D eigenvalue weighted by Gasteiger charge is 2.10. The van der Waals surface area contributed by atoms with Crippen LogP contribution >= 0.6 is 23.1 Å². The molecule has 7 heteroatoms. The largest absolute Gasteiger partial charge is 0.302 e. The van der Waals surface area contributed by atoms with Crippen LogP contribution in [-0.2, 0) is 11.2 Å². The molecule has 5 nitrogen and oxygen atoms in total. The number of carbonyl (C=O) groups excluding carboxylic acids is 1. The number of aromatic nitrogens is 2. The molecular weight excluding hydrogens is 388 g/mol. The monoisotopic (exact) mass is 408 g/mol. The van der Waals surface area contributed by atoms with Crippen molar-refractivity contribution in [2.45, 2.75) is 31.2 Å². The van der Waals surface area contributed by atoms with E-state index in [1.165, 1.54) is 23.1 Å². The van der Waals surface area contributed by atoms with Crippen LogP contribution in [0, 0.1) is 11.3 Å². The van der Waals surface area contributed by atoms with E-state index < -0.39 is 0 Å². The normalized spacial score (nSPS) is 10.4. The first-order chi connectivity index (χ1) is 13.7. The van der Waals surface area contributed by atoms with Crippen molar-refractivity contribution >= 4 is 34.1 Å². The molecule has 0 saturated carbocycles. The zero-order valence-electron chi connectivity index (χ0n) is 15.5. The summed E-state index contributed by atoms with van der Waals surface area (Å²) in [7, 11) is 0. The Kier molecular flexibility index (Phi) is 7.18. The predicted octanol–water partition coefficient (Wildman–Crippen LogP) is 5.15. The van der Waals surface area contributed by atoms with Gasteiger partial charge in [0.2, 0.25) is 5.91 Å². The molecule has 1 N–H and O–H groups in total. The molecule has 2 aromatic heterocycles. The van der Waals surface area contributed by atoms with Gasteiger partial charge in [0.05, 0.1) is 11.3 Å². The van der Waals surface area contributed by atoms with E-state index in [1.807, 2.05) is 41.8 Å². The van der Waals surface area contributed by atoms with Crippen LogP contribution in [0.15, 0.2) is 52.9 Å². The molecule has 142 valence electrons. The summed E-state index contributed by atoms with van der Waals surface area (Å²) in [5.41, 5.74) is 3.41. The highest BCUT2D eigenvalue weighted by Crippen LogP contribution is 2.25. The Morgan fingerprint density at radius 2 is 2.04 bits per heavy atom. The van der Waals surface area contributed by atoms with Gasteiger partial charge in [0.1, 0.15) is 11.1 Å². The molecule has 0 spiro atoms. The topological polar surface area (TPSA) is 78.7 Å². The number of nitrogens with one attached hydrogen (secondary N) is 1. The average Bonchev–Trinajstić information content (AvgIpc) is 3.17. The second-order valence-corrected chi connectivity index (χ2v) is 8.01. The van der Waals surface area contributed by atoms with Crippen LogP contribution in [0.2, 0.25) is 0 Å². The molecule has 0 aliphatic rings. The number of thiazole rings is 1. The van der Waals surface area contributed by atoms with E-state index in [0.29, 0.717) is 27.9 Å². The van der Waals surface area contributed by atoms with Crippen LogP contribution in [0.25, 0.3) is 11.3 Å². The van der Waals surface area contributed by atoms with E-state index in [0.717, 1.165) is 29.8 Å². The van der Waals surface area contributed by atoms with Gasteiger partial charge in [0.15, 0.2) is 5.13 Å². The lowest BCUT2D eigenvalue weighted by Gasteiger charge is -2.06. The second-order valence-electron chi connectivity index (χ2n) is 6.07. The fourth-order valence-corrected chi connectivity index (χ4v) is 4.23. The molecule has 0 saturated heterocycles. The summed E-state index contributed by atoms with van der Waals surface area (Å²) in [5.74, 6) is 0.463. The predicted molar refractivity (Wildman–Crippen MR) is 114 cm³/mol. The number of carbonyl (C=O) groups is 1. The lowest BCUT2D eigenvalue weighted by Crippen LogP contribution is -2.12. The molecule has 2 heterocycles. The van der Waals surface area contributed by atoms with Crippen molar-refractivity contribution in [2.75, 3.05) is 11.1 Å². The number of thioether (sulfide) groups is 1. The maximum absolute atomic E-state index is 12.2. The number of benzene rings is 1. The molecule has 1 amide bonds. The van der Waals surface area contributed by atoms with Gasteiger partial charge in [-0.1, -0.05) is 43.7 Å². The van der Waals surface area contributed by atoms with Gasteiger partial charge in [-0.15, -0.1) is 23.1 Å². The van der Waals surface area contributed by atoms with E-state index >= 15 is 0 Å². The number of rotatable bonds is 8. The number of aryl methyl sites for hydroxylation is 1. The third-order valence-corrected chi connectivity index (χ3v) is 5.68. The number of pyridine rings is 1. The Morgan fingerprint density at radius 1 is 1.21 bits per heavy atom. The van der Waals surface area contributed by atoms with E-state index in [1.54, 1.807) is 6.07 Å². The van der Waals surface area contributed by atoms with Crippen molar-refractivity contribution in [1.82, 2.24) is 9.97 Å². The highest BCUT2D eigenvalue weighted by molar-refractivity contribution is 7.99. The SMILES string of the molecule is CCCc1ccc(C#N)c(SCCC(=O)Nc2nc(-c3ccccc3)cs2)n1. The summed E-state index contributed by atoms with van der Waals surface area (Å²) >= 11 is 2.85. The van der Waals surface area contributed by atoms with Crippen LogP contribution in [0.3, 0.4) is 0 Å². The van der Waals surface area contributed by atoms with E-state index in [-0.39, 0.29) is 5.91 Å². The minimum Gasteiger partial charge on any atom is -0.302 e. The van der Waals surface area contributed by atoms with Gasteiger partial charge in [0, 0.05) is 28.8 Å². The lowest BCUT2D eigenvalue weighted by molar-refractivity contribution is -0.115. The van der Waals surface area contributed by atoms with Crippen LogP contribution in [0.5, 0.6) is 0 Å². The van der Waals surface area contributed by atoms with Gasteiger partial charge in [-0.2, -0.15) is 5.26 Å². The molecule has 0 aliphatic carbocycles. The third-order valence-electron chi connectivity index (χ3n) is 3.93. The van der Waals surface area contributed by atoms with Crippen molar-refractivity contribution in [3.63, 3.8) is 0 Å². The van der Waals surface area contributed by atoms with Crippen molar-refractivity contribution in [1.29, 1.82) is 5.26 Å². The Morgan fingerprint density at radius 3 is 2.79 bits per heavy atom. The van der Waals surface area contributed by atoms with Crippen molar-refractivity contribution in [2.24, 2.45) is 0 Å². The summed E-state index contributed by atoms with van der Waals surface area (Å²) in [6, 6.07) is 15.7. The van der Waals surface area contributed by atoms with Gasteiger partial charge in [-0.3, -0.25) is 4.79 Å². The maximum atomic E-state index is 12.2. The third kappa shape index (κ3) is 5.41. The average molecular weight is 409 g/mol. The molecule has 1 aromatic carbocycles. The maximum Gasteiger partial charge on any atom is 0.226 e. The highest BCUT2D eigenvalue weighted by atomic mass is 32.2. The summed E-state index contributed by atoms with van der Waals surface area (Å²) in [4.78, 5) is 21.2. The quantitative estimate of drug-likeness (QED) is 0.522. The van der Waals surface area contributed by atoms with Crippen molar-refractivity contribution < 1.29 is 4.79 Å². The molecule has 0 unspecified atom stereocenters. The minimum atomic E-state index is -0.0929. The minimum absolute atomic E-state index is 0.0929. The molecule has 3 aromatic rings. The van der Waals surface area contributed by atoms with E-state index in [4.69, 9.17) is 0 Å². The summed E-state index contributed by atoms with van der Waals surface area (Å²) in [6.45, 7) is 2.10. The van der Waals surface area contributed by atoms with Gasteiger partial charge in [-0.05, 0) is 18.6 Å². The molecule has 0 atom stereocenters. The second kappa shape index (κ2) is 10.0. The number of hydrogen-bond donors (Lipinski definition) is 1. The smallest absolute Gasteiger partial charge is 0.226 e. The number of hydrogen-bond acceptors (Lipinski definition) is 6. The number of amides is 1. The zero-order valence-corrected chi connectivity index (χ0v) is 17.1. The van der Waals surface area contributed by atoms with Crippen LogP contribution in [0.4, 0.5) is 5.13 Å². The molecule has 0 aliphatic heterocycles. The molecule has 0 bridgehead atoms. The van der Waals surface area contributed by atoms with Crippen LogP contribution in [0.1, 0.15) is 31.0 Å². The molecular formula is C21H20N4OS2. The Hall–Kier alpha value is -2.69. The van der Waals surface area contributed by atoms with Gasteiger partial charge < -0.3 is 5.32 Å². The molecule has 28 heavy (non-hydrogen) atoms. The number of nitrogens with zero attached hydrogens (tertiary/aromatic N) is 3.